The summed E-state index contributed by atoms with van der Waals surface area (Å²) in [6.45, 7) is 0. The van der Waals surface area contributed by atoms with Crippen LogP contribution in [0.15, 0.2) is 30.1 Å². The molecule has 2 aromatic rings. The first-order valence-corrected chi connectivity index (χ1v) is 5.80. The summed E-state index contributed by atoms with van der Waals surface area (Å²) in [6.07, 6.45) is 3.56. The minimum atomic E-state index is -0.203. The molecule has 90 valence electrons. The molecule has 2 heterocycles. The third-order valence-corrected chi connectivity index (χ3v) is 3.01. The Morgan fingerprint density at radius 3 is 2.94 bits per heavy atom. The lowest BCUT2D eigenvalue weighted by Crippen LogP contribution is -2.21. The Morgan fingerprint density at radius 2 is 2.22 bits per heavy atom. The Bertz CT molecular complexity index is 701. The zero-order valence-electron chi connectivity index (χ0n) is 9.60. The molecule has 1 saturated heterocycles. The lowest BCUT2D eigenvalue weighted by Gasteiger charge is -1.98. The Kier molecular flexibility index (Phi) is 2.38. The van der Waals surface area contributed by atoms with E-state index in [4.69, 9.17) is 12.2 Å². The van der Waals surface area contributed by atoms with Crippen molar-refractivity contribution in [3.05, 3.63) is 35.7 Å². The van der Waals surface area contributed by atoms with Crippen molar-refractivity contribution in [3.63, 3.8) is 0 Å². The molecule has 3 rings (SSSR count). The smallest absolute Gasteiger partial charge is 0.273 e. The van der Waals surface area contributed by atoms with Crippen LogP contribution in [0, 0.1) is 0 Å². The first-order chi connectivity index (χ1) is 8.63. The molecule has 0 radical (unpaired) electrons. The van der Waals surface area contributed by atoms with E-state index in [0.29, 0.717) is 10.8 Å². The maximum Gasteiger partial charge on any atom is 0.273 e. The SMILES string of the molecule is Cn1ncc2cc(/C=C3\NC(=S)NC3=O)ccc21. The van der Waals surface area contributed by atoms with Gasteiger partial charge in [-0.2, -0.15) is 5.10 Å². The Labute approximate surface area is 108 Å². The van der Waals surface area contributed by atoms with Gasteiger partial charge in [-0.1, -0.05) is 6.07 Å². The lowest BCUT2D eigenvalue weighted by atomic mass is 10.1. The summed E-state index contributed by atoms with van der Waals surface area (Å²) in [5, 5.41) is 10.9. The lowest BCUT2D eigenvalue weighted by molar-refractivity contribution is -0.115. The molecule has 1 aliphatic heterocycles. The van der Waals surface area contributed by atoms with E-state index in [0.717, 1.165) is 16.5 Å². The molecule has 0 spiro atoms. The minimum absolute atomic E-state index is 0.203. The molecule has 1 fully saturated rings. The molecule has 0 bridgehead atoms. The summed E-state index contributed by atoms with van der Waals surface area (Å²) in [5.74, 6) is -0.203. The van der Waals surface area contributed by atoms with Crippen molar-refractivity contribution < 1.29 is 4.79 Å². The molecule has 1 amide bonds. The van der Waals surface area contributed by atoms with Crippen molar-refractivity contribution in [2.24, 2.45) is 7.05 Å². The van der Waals surface area contributed by atoms with Gasteiger partial charge in [0.1, 0.15) is 5.70 Å². The van der Waals surface area contributed by atoms with Crippen LogP contribution in [-0.2, 0) is 11.8 Å². The van der Waals surface area contributed by atoms with Crippen molar-refractivity contribution in [2.45, 2.75) is 0 Å². The number of hydrogen-bond acceptors (Lipinski definition) is 3. The number of benzene rings is 1. The van der Waals surface area contributed by atoms with Crippen molar-refractivity contribution in [3.8, 4) is 0 Å². The second-order valence-electron chi connectivity index (χ2n) is 4.05. The van der Waals surface area contributed by atoms with Gasteiger partial charge < -0.3 is 5.32 Å². The number of nitrogens with zero attached hydrogens (tertiary/aromatic N) is 2. The molecule has 18 heavy (non-hydrogen) atoms. The van der Waals surface area contributed by atoms with Crippen LogP contribution in [0.25, 0.3) is 17.0 Å². The van der Waals surface area contributed by atoms with Crippen LogP contribution in [0.2, 0.25) is 0 Å². The van der Waals surface area contributed by atoms with Gasteiger partial charge in [0, 0.05) is 12.4 Å². The number of rotatable bonds is 1. The summed E-state index contributed by atoms with van der Waals surface area (Å²) in [4.78, 5) is 11.5. The fourth-order valence-electron chi connectivity index (χ4n) is 1.92. The van der Waals surface area contributed by atoms with E-state index in [1.807, 2.05) is 29.9 Å². The number of amides is 1. The molecular weight excluding hydrogens is 248 g/mol. The fraction of sp³-hybridized carbons (Fsp3) is 0.0833. The number of thiocarbonyl (C=S) groups is 1. The van der Waals surface area contributed by atoms with E-state index in [1.54, 1.807) is 12.3 Å². The first kappa shape index (κ1) is 10.9. The van der Waals surface area contributed by atoms with E-state index in [1.165, 1.54) is 0 Å². The normalized spacial score (nSPS) is 17.3. The molecule has 0 unspecified atom stereocenters. The van der Waals surface area contributed by atoms with Gasteiger partial charge in [-0.15, -0.1) is 0 Å². The van der Waals surface area contributed by atoms with Crippen LogP contribution in [0.4, 0.5) is 0 Å². The van der Waals surface area contributed by atoms with E-state index in [9.17, 15) is 4.79 Å². The van der Waals surface area contributed by atoms with Crippen LogP contribution in [-0.4, -0.2) is 20.8 Å². The largest absolute Gasteiger partial charge is 0.328 e. The number of aryl methyl sites for hydroxylation is 1. The number of fused-ring (bicyclic) bond motifs is 1. The predicted octanol–water partition coefficient (Wildman–Crippen LogP) is 0.919. The predicted molar refractivity (Wildman–Crippen MR) is 72.6 cm³/mol. The molecule has 2 N–H and O–H groups in total. The van der Waals surface area contributed by atoms with E-state index >= 15 is 0 Å². The van der Waals surface area contributed by atoms with Crippen LogP contribution in [0.1, 0.15) is 5.56 Å². The highest BCUT2D eigenvalue weighted by Crippen LogP contribution is 2.17. The van der Waals surface area contributed by atoms with Crippen LogP contribution in [0.3, 0.4) is 0 Å². The maximum atomic E-state index is 11.5. The molecule has 0 aliphatic carbocycles. The third kappa shape index (κ3) is 1.76. The van der Waals surface area contributed by atoms with Gasteiger partial charge in [0.2, 0.25) is 0 Å². The van der Waals surface area contributed by atoms with Gasteiger partial charge in [-0.05, 0) is 36.0 Å². The van der Waals surface area contributed by atoms with Crippen molar-refractivity contribution >= 4 is 40.2 Å². The number of carbonyl (C=O) groups excluding carboxylic acids is 1. The Balaban J connectivity index is 2.02. The van der Waals surface area contributed by atoms with Gasteiger partial charge in [0.15, 0.2) is 5.11 Å². The van der Waals surface area contributed by atoms with Crippen LogP contribution in [0.5, 0.6) is 0 Å². The maximum absolute atomic E-state index is 11.5. The number of hydrogen-bond donors (Lipinski definition) is 2. The van der Waals surface area contributed by atoms with Crippen molar-refractivity contribution in [1.82, 2.24) is 20.4 Å². The van der Waals surface area contributed by atoms with Gasteiger partial charge in [0.25, 0.3) is 5.91 Å². The molecule has 1 aliphatic rings. The van der Waals surface area contributed by atoms with Crippen LogP contribution >= 0.6 is 12.2 Å². The topological polar surface area (TPSA) is 59.0 Å². The third-order valence-electron chi connectivity index (χ3n) is 2.80. The van der Waals surface area contributed by atoms with Crippen LogP contribution < -0.4 is 10.6 Å². The van der Waals surface area contributed by atoms with Crippen molar-refractivity contribution in [2.75, 3.05) is 0 Å². The first-order valence-electron chi connectivity index (χ1n) is 5.39. The fourth-order valence-corrected chi connectivity index (χ4v) is 2.12. The summed E-state index contributed by atoms with van der Waals surface area (Å²) in [5.41, 5.74) is 2.44. The van der Waals surface area contributed by atoms with E-state index in [-0.39, 0.29) is 5.91 Å². The molecule has 1 aromatic carbocycles. The summed E-state index contributed by atoms with van der Waals surface area (Å²) in [7, 11) is 1.89. The molecule has 6 heteroatoms. The molecule has 1 aromatic heterocycles. The minimum Gasteiger partial charge on any atom is -0.328 e. The highest BCUT2D eigenvalue weighted by atomic mass is 32.1. The summed E-state index contributed by atoms with van der Waals surface area (Å²) < 4.78 is 1.81. The molecular formula is C12H10N4OS. The van der Waals surface area contributed by atoms with E-state index < -0.39 is 0 Å². The molecule has 5 nitrogen and oxygen atoms in total. The summed E-state index contributed by atoms with van der Waals surface area (Å²) >= 11 is 4.87. The quantitative estimate of drug-likeness (QED) is 0.590. The van der Waals surface area contributed by atoms with Gasteiger partial charge >= 0.3 is 0 Å². The highest BCUT2D eigenvalue weighted by molar-refractivity contribution is 7.80. The molecule has 0 saturated carbocycles. The number of carbonyl (C=O) groups is 1. The number of aromatic nitrogens is 2. The van der Waals surface area contributed by atoms with Gasteiger partial charge in [0.05, 0.1) is 11.7 Å². The zero-order chi connectivity index (χ0) is 12.7. The zero-order valence-corrected chi connectivity index (χ0v) is 10.4. The van der Waals surface area contributed by atoms with Gasteiger partial charge in [-0.25, -0.2) is 0 Å². The van der Waals surface area contributed by atoms with Gasteiger partial charge in [-0.3, -0.25) is 14.8 Å². The highest BCUT2D eigenvalue weighted by Gasteiger charge is 2.19. The Hall–Kier alpha value is -2.21. The monoisotopic (exact) mass is 258 g/mol. The molecule has 0 atom stereocenters. The second kappa shape index (κ2) is 3.92. The standard InChI is InChI=1S/C12H10N4OS/c1-16-10-3-2-7(4-8(10)6-13-16)5-9-11(17)15-12(18)14-9/h2-6H,1H3,(H2,14,15,17,18)/b9-5-. The van der Waals surface area contributed by atoms with Crippen molar-refractivity contribution in [1.29, 1.82) is 0 Å². The Morgan fingerprint density at radius 1 is 1.39 bits per heavy atom. The second-order valence-corrected chi connectivity index (χ2v) is 4.46. The average Bonchev–Trinajstić information content (AvgIpc) is 2.84. The van der Waals surface area contributed by atoms with E-state index in [2.05, 4.69) is 15.7 Å². The summed E-state index contributed by atoms with van der Waals surface area (Å²) in [6, 6.07) is 5.89. The average molecular weight is 258 g/mol. The number of nitrogens with one attached hydrogen (secondary N) is 2.